The van der Waals surface area contributed by atoms with E-state index in [1.807, 2.05) is 72.8 Å². The van der Waals surface area contributed by atoms with E-state index in [1.165, 1.54) is 5.56 Å². The summed E-state index contributed by atoms with van der Waals surface area (Å²) in [5.74, 6) is 0. The van der Waals surface area contributed by atoms with Gasteiger partial charge in [-0.1, -0.05) is 78.4 Å². The van der Waals surface area contributed by atoms with Gasteiger partial charge >= 0.3 is 0 Å². The lowest BCUT2D eigenvalue weighted by molar-refractivity contribution is 0.155. The van der Waals surface area contributed by atoms with Gasteiger partial charge in [0.25, 0.3) is 0 Å². The lowest BCUT2D eigenvalue weighted by atomic mass is 9.95. The predicted octanol–water partition coefficient (Wildman–Crippen LogP) is 4.88. The lowest BCUT2D eigenvalue weighted by Crippen LogP contribution is -2.19. The summed E-state index contributed by atoms with van der Waals surface area (Å²) in [4.78, 5) is 0. The molecule has 0 saturated heterocycles. The van der Waals surface area contributed by atoms with Gasteiger partial charge in [-0.05, 0) is 30.2 Å². The van der Waals surface area contributed by atoms with E-state index in [0.29, 0.717) is 0 Å². The molecule has 0 aliphatic rings. The number of aryl methyl sites for hydroxylation is 1. The molecule has 3 aromatic carbocycles. The predicted molar refractivity (Wildman–Crippen MR) is 95.4 cm³/mol. The van der Waals surface area contributed by atoms with Crippen LogP contribution in [0, 0.1) is 6.92 Å². The third kappa shape index (κ3) is 3.79. The number of hydrogen-bond donors (Lipinski definition) is 2. The van der Waals surface area contributed by atoms with Crippen molar-refractivity contribution in [3.8, 4) is 0 Å². The van der Waals surface area contributed by atoms with Crippen LogP contribution in [-0.4, -0.2) is 5.11 Å². The number of anilines is 1. The fourth-order valence-corrected chi connectivity index (χ4v) is 2.68. The van der Waals surface area contributed by atoms with Crippen molar-refractivity contribution in [2.45, 2.75) is 19.1 Å². The summed E-state index contributed by atoms with van der Waals surface area (Å²) in [5, 5.41) is 14.4. The molecule has 0 radical (unpaired) electrons. The van der Waals surface area contributed by atoms with E-state index in [2.05, 4.69) is 24.4 Å². The Hall–Kier alpha value is -2.58. The molecule has 0 saturated carbocycles. The first kappa shape index (κ1) is 15.3. The molecule has 2 nitrogen and oxygen atoms in total. The second-order valence-electron chi connectivity index (χ2n) is 5.75. The molecule has 23 heavy (non-hydrogen) atoms. The van der Waals surface area contributed by atoms with Gasteiger partial charge in [0.1, 0.15) is 6.10 Å². The van der Waals surface area contributed by atoms with Crippen molar-refractivity contribution in [3.05, 3.63) is 102 Å². The fourth-order valence-electron chi connectivity index (χ4n) is 2.68. The fraction of sp³-hybridized carbons (Fsp3) is 0.143. The Morgan fingerprint density at radius 3 is 1.78 bits per heavy atom. The molecule has 0 fully saturated rings. The molecule has 0 bridgehead atoms. The van der Waals surface area contributed by atoms with Crippen molar-refractivity contribution in [2.24, 2.45) is 0 Å². The summed E-state index contributed by atoms with van der Waals surface area (Å²) < 4.78 is 0. The molecule has 0 amide bonds. The standard InChI is InChI=1S/C21H21NO/c1-16-12-14-19(15-13-16)22-20(17-8-4-2-5-9-17)21(23)18-10-6-3-7-11-18/h2-15,20-23H,1H3/t20-,21-/m0/s1. The minimum Gasteiger partial charge on any atom is -0.386 e. The molecule has 2 N–H and O–H groups in total. The monoisotopic (exact) mass is 303 g/mol. The second-order valence-corrected chi connectivity index (χ2v) is 5.75. The number of aliphatic hydroxyl groups is 1. The molecule has 0 heterocycles. The van der Waals surface area contributed by atoms with Crippen molar-refractivity contribution in [3.63, 3.8) is 0 Å². The summed E-state index contributed by atoms with van der Waals surface area (Å²) in [7, 11) is 0. The van der Waals surface area contributed by atoms with Gasteiger partial charge in [-0.2, -0.15) is 0 Å². The zero-order valence-corrected chi connectivity index (χ0v) is 13.2. The van der Waals surface area contributed by atoms with Crippen LogP contribution in [0.3, 0.4) is 0 Å². The third-order valence-corrected chi connectivity index (χ3v) is 3.99. The Labute approximate surface area is 137 Å². The van der Waals surface area contributed by atoms with E-state index in [0.717, 1.165) is 16.8 Å². The van der Waals surface area contributed by atoms with E-state index in [1.54, 1.807) is 0 Å². The van der Waals surface area contributed by atoms with Gasteiger partial charge in [-0.15, -0.1) is 0 Å². The van der Waals surface area contributed by atoms with Crippen LogP contribution in [0.1, 0.15) is 28.8 Å². The number of rotatable bonds is 5. The van der Waals surface area contributed by atoms with Crippen LogP contribution in [0.25, 0.3) is 0 Å². The topological polar surface area (TPSA) is 32.3 Å². The van der Waals surface area contributed by atoms with Crippen LogP contribution in [0.5, 0.6) is 0 Å². The van der Waals surface area contributed by atoms with Crippen LogP contribution < -0.4 is 5.32 Å². The van der Waals surface area contributed by atoms with Crippen LogP contribution in [0.2, 0.25) is 0 Å². The van der Waals surface area contributed by atoms with E-state index >= 15 is 0 Å². The Balaban J connectivity index is 1.92. The molecule has 3 rings (SSSR count). The molecular formula is C21H21NO. The Bertz CT molecular complexity index is 723. The maximum Gasteiger partial charge on any atom is 0.103 e. The van der Waals surface area contributed by atoms with Gasteiger partial charge in [-0.25, -0.2) is 0 Å². The zero-order chi connectivity index (χ0) is 16.1. The van der Waals surface area contributed by atoms with Crippen LogP contribution in [0.15, 0.2) is 84.9 Å². The highest BCUT2D eigenvalue weighted by Crippen LogP contribution is 2.32. The lowest BCUT2D eigenvalue weighted by Gasteiger charge is -2.26. The summed E-state index contributed by atoms with van der Waals surface area (Å²) in [6, 6.07) is 27.9. The maximum absolute atomic E-state index is 10.9. The van der Waals surface area contributed by atoms with Gasteiger partial charge in [-0.3, -0.25) is 0 Å². The molecule has 0 unspecified atom stereocenters. The molecule has 0 aromatic heterocycles. The normalized spacial score (nSPS) is 13.3. The zero-order valence-electron chi connectivity index (χ0n) is 13.2. The van der Waals surface area contributed by atoms with Gasteiger partial charge < -0.3 is 10.4 Å². The van der Waals surface area contributed by atoms with E-state index < -0.39 is 6.10 Å². The summed E-state index contributed by atoms with van der Waals surface area (Å²) in [5.41, 5.74) is 4.18. The van der Waals surface area contributed by atoms with Gasteiger partial charge in [0.2, 0.25) is 0 Å². The highest BCUT2D eigenvalue weighted by Gasteiger charge is 2.22. The number of hydrogen-bond acceptors (Lipinski definition) is 2. The molecule has 116 valence electrons. The van der Waals surface area contributed by atoms with E-state index in [9.17, 15) is 5.11 Å². The number of benzene rings is 3. The van der Waals surface area contributed by atoms with Gasteiger partial charge in [0.15, 0.2) is 0 Å². The average molecular weight is 303 g/mol. The SMILES string of the molecule is Cc1ccc(N[C@@H](c2ccccc2)[C@@H](O)c2ccccc2)cc1. The third-order valence-electron chi connectivity index (χ3n) is 3.99. The van der Waals surface area contributed by atoms with E-state index in [-0.39, 0.29) is 6.04 Å². The highest BCUT2D eigenvalue weighted by atomic mass is 16.3. The van der Waals surface area contributed by atoms with Crippen molar-refractivity contribution in [1.82, 2.24) is 0 Å². The van der Waals surface area contributed by atoms with Crippen LogP contribution in [0.4, 0.5) is 5.69 Å². The Kier molecular flexibility index (Phi) is 4.74. The molecular weight excluding hydrogens is 282 g/mol. The molecule has 2 heteroatoms. The molecule has 2 atom stereocenters. The smallest absolute Gasteiger partial charge is 0.103 e. The van der Waals surface area contributed by atoms with Crippen molar-refractivity contribution in [2.75, 3.05) is 5.32 Å². The summed E-state index contributed by atoms with van der Waals surface area (Å²) in [6.45, 7) is 2.07. The first-order chi connectivity index (χ1) is 11.2. The first-order valence-corrected chi connectivity index (χ1v) is 7.85. The largest absolute Gasteiger partial charge is 0.386 e. The second kappa shape index (κ2) is 7.12. The van der Waals surface area contributed by atoms with Crippen molar-refractivity contribution >= 4 is 5.69 Å². The Morgan fingerprint density at radius 2 is 1.22 bits per heavy atom. The van der Waals surface area contributed by atoms with Gasteiger partial charge in [0, 0.05) is 5.69 Å². The minimum absolute atomic E-state index is 0.207. The molecule has 0 spiro atoms. The molecule has 3 aromatic rings. The van der Waals surface area contributed by atoms with Crippen LogP contribution >= 0.6 is 0 Å². The average Bonchev–Trinajstić information content (AvgIpc) is 2.62. The summed E-state index contributed by atoms with van der Waals surface area (Å²) >= 11 is 0. The molecule has 0 aliphatic carbocycles. The minimum atomic E-state index is -0.625. The Morgan fingerprint density at radius 1 is 0.696 bits per heavy atom. The van der Waals surface area contributed by atoms with Crippen molar-refractivity contribution < 1.29 is 5.11 Å². The quantitative estimate of drug-likeness (QED) is 0.704. The molecule has 0 aliphatic heterocycles. The number of nitrogens with one attached hydrogen (secondary N) is 1. The van der Waals surface area contributed by atoms with Gasteiger partial charge in [0.05, 0.1) is 6.04 Å². The highest BCUT2D eigenvalue weighted by molar-refractivity contribution is 5.47. The maximum atomic E-state index is 10.9. The van der Waals surface area contributed by atoms with E-state index in [4.69, 9.17) is 0 Å². The van der Waals surface area contributed by atoms with Crippen LogP contribution in [-0.2, 0) is 0 Å². The van der Waals surface area contributed by atoms with Crippen molar-refractivity contribution in [1.29, 1.82) is 0 Å². The first-order valence-electron chi connectivity index (χ1n) is 7.85. The summed E-state index contributed by atoms with van der Waals surface area (Å²) in [6.07, 6.45) is -0.625. The number of aliphatic hydroxyl groups excluding tert-OH is 1.